The first-order valence-corrected chi connectivity index (χ1v) is 6.55. The van der Waals surface area contributed by atoms with Crippen LogP contribution in [0.1, 0.15) is 31.6 Å². The fourth-order valence-corrected chi connectivity index (χ4v) is 1.97. The van der Waals surface area contributed by atoms with Gasteiger partial charge in [0, 0.05) is 26.1 Å². The summed E-state index contributed by atoms with van der Waals surface area (Å²) >= 11 is 0. The summed E-state index contributed by atoms with van der Waals surface area (Å²) < 4.78 is 10.9. The van der Waals surface area contributed by atoms with E-state index >= 15 is 0 Å². The predicted molar refractivity (Wildman–Crippen MR) is 67.3 cm³/mol. The SMILES string of the molecule is CCc1noc([C@H](C)NC[C@H]2CN(C)CCO2)n1. The molecule has 18 heavy (non-hydrogen) atoms. The summed E-state index contributed by atoms with van der Waals surface area (Å²) in [5.74, 6) is 1.41. The van der Waals surface area contributed by atoms with Gasteiger partial charge in [-0.15, -0.1) is 0 Å². The zero-order valence-electron chi connectivity index (χ0n) is 11.3. The minimum Gasteiger partial charge on any atom is -0.374 e. The highest BCUT2D eigenvalue weighted by Gasteiger charge is 2.20. The van der Waals surface area contributed by atoms with Gasteiger partial charge in [-0.25, -0.2) is 0 Å². The number of aromatic nitrogens is 2. The van der Waals surface area contributed by atoms with Crippen molar-refractivity contribution in [1.29, 1.82) is 0 Å². The van der Waals surface area contributed by atoms with Crippen LogP contribution in [0.2, 0.25) is 0 Å². The first-order valence-electron chi connectivity index (χ1n) is 6.55. The average molecular weight is 254 g/mol. The number of ether oxygens (including phenoxy) is 1. The molecule has 0 saturated carbocycles. The molecule has 0 unspecified atom stereocenters. The van der Waals surface area contributed by atoms with Gasteiger partial charge in [-0.2, -0.15) is 4.98 Å². The Morgan fingerprint density at radius 1 is 1.56 bits per heavy atom. The van der Waals surface area contributed by atoms with Gasteiger partial charge >= 0.3 is 0 Å². The van der Waals surface area contributed by atoms with Gasteiger partial charge in [0.1, 0.15) is 0 Å². The Labute approximate surface area is 108 Å². The van der Waals surface area contributed by atoms with E-state index in [1.807, 2.05) is 13.8 Å². The molecule has 6 heteroatoms. The molecule has 0 aromatic carbocycles. The number of aryl methyl sites for hydroxylation is 1. The highest BCUT2D eigenvalue weighted by Crippen LogP contribution is 2.10. The van der Waals surface area contributed by atoms with Gasteiger partial charge in [-0.1, -0.05) is 12.1 Å². The lowest BCUT2D eigenvalue weighted by atomic mass is 10.2. The summed E-state index contributed by atoms with van der Waals surface area (Å²) in [6.07, 6.45) is 1.03. The second-order valence-electron chi connectivity index (χ2n) is 4.79. The van der Waals surface area contributed by atoms with Crippen molar-refractivity contribution in [3.05, 3.63) is 11.7 Å². The van der Waals surface area contributed by atoms with Gasteiger partial charge in [-0.05, 0) is 14.0 Å². The summed E-state index contributed by atoms with van der Waals surface area (Å²) in [6.45, 7) is 7.62. The van der Waals surface area contributed by atoms with Crippen LogP contribution in [0.15, 0.2) is 4.52 Å². The molecular formula is C12H22N4O2. The Balaban J connectivity index is 1.78. The van der Waals surface area contributed by atoms with Gasteiger partial charge in [0.15, 0.2) is 5.82 Å². The largest absolute Gasteiger partial charge is 0.374 e. The molecule has 1 saturated heterocycles. The normalized spacial score (nSPS) is 23.2. The predicted octanol–water partition coefficient (Wildman–Crippen LogP) is 0.613. The van der Waals surface area contributed by atoms with E-state index in [0.717, 1.165) is 38.5 Å². The van der Waals surface area contributed by atoms with Crippen molar-refractivity contribution >= 4 is 0 Å². The Morgan fingerprint density at radius 3 is 3.06 bits per heavy atom. The van der Waals surface area contributed by atoms with E-state index in [1.54, 1.807) is 0 Å². The quantitative estimate of drug-likeness (QED) is 0.831. The van der Waals surface area contributed by atoms with Gasteiger partial charge in [0.2, 0.25) is 5.89 Å². The number of hydrogen-bond acceptors (Lipinski definition) is 6. The van der Waals surface area contributed by atoms with E-state index in [9.17, 15) is 0 Å². The van der Waals surface area contributed by atoms with Crippen molar-refractivity contribution in [2.45, 2.75) is 32.4 Å². The lowest BCUT2D eigenvalue weighted by Gasteiger charge is -2.30. The minimum absolute atomic E-state index is 0.0635. The maximum atomic E-state index is 5.69. The molecule has 2 rings (SSSR count). The zero-order valence-corrected chi connectivity index (χ0v) is 11.3. The summed E-state index contributed by atoms with van der Waals surface area (Å²) in [5.41, 5.74) is 0. The van der Waals surface area contributed by atoms with Crippen LogP contribution in [0, 0.1) is 0 Å². The Kier molecular flexibility index (Phi) is 4.68. The number of nitrogens with zero attached hydrogens (tertiary/aromatic N) is 3. The maximum absolute atomic E-state index is 5.69. The number of rotatable bonds is 5. The summed E-state index contributed by atoms with van der Waals surface area (Å²) in [5, 5.41) is 7.28. The van der Waals surface area contributed by atoms with Crippen molar-refractivity contribution in [1.82, 2.24) is 20.4 Å². The topological polar surface area (TPSA) is 63.4 Å². The molecular weight excluding hydrogens is 232 g/mol. The number of nitrogens with one attached hydrogen (secondary N) is 1. The van der Waals surface area contributed by atoms with Crippen LogP contribution in [0.5, 0.6) is 0 Å². The molecule has 1 N–H and O–H groups in total. The molecule has 1 aliphatic heterocycles. The Hall–Kier alpha value is -0.980. The van der Waals surface area contributed by atoms with Gasteiger partial charge in [0.25, 0.3) is 0 Å². The molecule has 0 amide bonds. The molecule has 1 aromatic rings. The molecule has 102 valence electrons. The van der Waals surface area contributed by atoms with Crippen LogP contribution in [-0.4, -0.2) is 54.4 Å². The second kappa shape index (κ2) is 6.26. The summed E-state index contributed by atoms with van der Waals surface area (Å²) in [4.78, 5) is 6.60. The maximum Gasteiger partial charge on any atom is 0.243 e. The van der Waals surface area contributed by atoms with Gasteiger partial charge < -0.3 is 19.5 Å². The fraction of sp³-hybridized carbons (Fsp3) is 0.833. The third-order valence-electron chi connectivity index (χ3n) is 3.16. The Bertz CT molecular complexity index is 369. The van der Waals surface area contributed by atoms with E-state index in [-0.39, 0.29) is 12.1 Å². The molecule has 0 radical (unpaired) electrons. The Morgan fingerprint density at radius 2 is 2.39 bits per heavy atom. The highest BCUT2D eigenvalue weighted by atomic mass is 16.5. The molecule has 1 aliphatic rings. The van der Waals surface area contributed by atoms with Gasteiger partial charge in [0.05, 0.1) is 18.8 Å². The molecule has 2 atom stereocenters. The third kappa shape index (κ3) is 3.51. The summed E-state index contributed by atoms with van der Waals surface area (Å²) in [7, 11) is 2.12. The highest BCUT2D eigenvalue weighted by molar-refractivity contribution is 4.91. The molecule has 0 spiro atoms. The molecule has 6 nitrogen and oxygen atoms in total. The fourth-order valence-electron chi connectivity index (χ4n) is 1.97. The standard InChI is InChI=1S/C12H22N4O2/c1-4-11-14-12(18-15-11)9(2)13-7-10-8-16(3)5-6-17-10/h9-10,13H,4-8H2,1-3H3/t9-,10-/m0/s1. The van der Waals surface area contributed by atoms with Crippen molar-refractivity contribution in [2.75, 3.05) is 33.3 Å². The lowest BCUT2D eigenvalue weighted by molar-refractivity contribution is -0.0194. The second-order valence-corrected chi connectivity index (χ2v) is 4.79. The van der Waals surface area contributed by atoms with Crippen molar-refractivity contribution in [3.63, 3.8) is 0 Å². The first kappa shape index (κ1) is 13.5. The van der Waals surface area contributed by atoms with Crippen LogP contribution in [0.4, 0.5) is 0 Å². The van der Waals surface area contributed by atoms with Crippen LogP contribution in [-0.2, 0) is 11.2 Å². The van der Waals surface area contributed by atoms with E-state index in [2.05, 4.69) is 27.4 Å². The zero-order chi connectivity index (χ0) is 13.0. The van der Waals surface area contributed by atoms with Crippen LogP contribution < -0.4 is 5.32 Å². The van der Waals surface area contributed by atoms with E-state index in [4.69, 9.17) is 9.26 Å². The van der Waals surface area contributed by atoms with Crippen LogP contribution in [0.25, 0.3) is 0 Å². The smallest absolute Gasteiger partial charge is 0.243 e. The average Bonchev–Trinajstić information content (AvgIpc) is 2.85. The van der Waals surface area contributed by atoms with Crippen molar-refractivity contribution < 1.29 is 9.26 Å². The first-order chi connectivity index (χ1) is 8.69. The molecule has 2 heterocycles. The molecule has 1 aromatic heterocycles. The van der Waals surface area contributed by atoms with E-state index < -0.39 is 0 Å². The number of likely N-dealkylation sites (N-methyl/N-ethyl adjacent to an activating group) is 1. The molecule has 0 bridgehead atoms. The monoisotopic (exact) mass is 254 g/mol. The third-order valence-corrected chi connectivity index (χ3v) is 3.16. The number of morpholine rings is 1. The number of hydrogen-bond donors (Lipinski definition) is 1. The van der Waals surface area contributed by atoms with E-state index in [1.165, 1.54) is 0 Å². The van der Waals surface area contributed by atoms with Crippen molar-refractivity contribution in [2.24, 2.45) is 0 Å². The molecule has 1 fully saturated rings. The van der Waals surface area contributed by atoms with Crippen LogP contribution in [0.3, 0.4) is 0 Å². The van der Waals surface area contributed by atoms with Crippen LogP contribution >= 0.6 is 0 Å². The summed E-state index contributed by atoms with van der Waals surface area (Å²) in [6, 6.07) is 0.0635. The minimum atomic E-state index is 0.0635. The van der Waals surface area contributed by atoms with Gasteiger partial charge in [-0.3, -0.25) is 0 Å². The lowest BCUT2D eigenvalue weighted by Crippen LogP contribution is -2.45. The van der Waals surface area contributed by atoms with E-state index in [0.29, 0.717) is 5.89 Å². The van der Waals surface area contributed by atoms with Crippen molar-refractivity contribution in [3.8, 4) is 0 Å². The molecule has 0 aliphatic carbocycles.